The normalized spacial score (nSPS) is 14.2. The summed E-state index contributed by atoms with van der Waals surface area (Å²) >= 11 is 0. The minimum atomic E-state index is -5.08. The molecule has 1 unspecified atom stereocenters. The maximum atomic E-state index is 14.2. The SMILES string of the molecule is CCC(CC)(NC(=O)C(C)C)C(=O)NC(CCCN=C(N)N)C(=O)NC1(C(=O)NC(c2ccc(F)cc2)c2ccc(F)cc2)CCCC1.O=C(O)C(F)(F)F. The Morgan fingerprint density at radius 1 is 0.836 bits per heavy atom. The van der Waals surface area contributed by atoms with Gasteiger partial charge in [0.15, 0.2) is 5.96 Å². The number of carbonyl (C=O) groups excluding carboxylic acids is 4. The largest absolute Gasteiger partial charge is 0.490 e. The van der Waals surface area contributed by atoms with E-state index in [9.17, 15) is 41.1 Å². The number of nitrogens with zero attached hydrogens (tertiary/aromatic N) is 1. The summed E-state index contributed by atoms with van der Waals surface area (Å²) in [6.45, 7) is 7.24. The third-order valence-corrected chi connectivity index (χ3v) is 9.27. The second kappa shape index (κ2) is 20.4. The predicted molar refractivity (Wildman–Crippen MR) is 194 cm³/mol. The van der Waals surface area contributed by atoms with Crippen molar-refractivity contribution >= 4 is 35.6 Å². The first-order valence-corrected chi connectivity index (χ1v) is 17.8. The van der Waals surface area contributed by atoms with Crippen LogP contribution in [0.3, 0.4) is 0 Å². The average molecular weight is 784 g/mol. The number of nitrogens with two attached hydrogens (primary N) is 2. The topological polar surface area (TPSA) is 218 Å². The van der Waals surface area contributed by atoms with E-state index in [-0.39, 0.29) is 43.6 Å². The molecule has 0 spiro atoms. The number of carbonyl (C=O) groups is 5. The van der Waals surface area contributed by atoms with E-state index in [2.05, 4.69) is 26.3 Å². The van der Waals surface area contributed by atoms with Gasteiger partial charge < -0.3 is 37.8 Å². The molecule has 0 radical (unpaired) electrons. The van der Waals surface area contributed by atoms with E-state index in [1.807, 2.05) is 0 Å². The fraction of sp³-hybridized carbons (Fsp3) is 0.514. The Hall–Kier alpha value is -5.29. The van der Waals surface area contributed by atoms with Gasteiger partial charge in [0.25, 0.3) is 0 Å². The van der Waals surface area contributed by atoms with Gasteiger partial charge in [-0.25, -0.2) is 13.6 Å². The van der Waals surface area contributed by atoms with Crippen LogP contribution in [-0.2, 0) is 24.0 Å². The van der Waals surface area contributed by atoms with E-state index in [4.69, 9.17) is 21.4 Å². The number of aliphatic carboxylic acids is 1. The summed E-state index contributed by atoms with van der Waals surface area (Å²) in [7, 11) is 0. The number of benzene rings is 2. The Balaban J connectivity index is 0.00000136. The molecule has 55 heavy (non-hydrogen) atoms. The molecule has 2 aromatic carbocycles. The van der Waals surface area contributed by atoms with Crippen LogP contribution >= 0.6 is 0 Å². The Labute approximate surface area is 316 Å². The van der Waals surface area contributed by atoms with Crippen LogP contribution in [-0.4, -0.2) is 70.5 Å². The van der Waals surface area contributed by atoms with Crippen molar-refractivity contribution in [3.05, 3.63) is 71.3 Å². The van der Waals surface area contributed by atoms with E-state index in [1.54, 1.807) is 27.7 Å². The summed E-state index contributed by atoms with van der Waals surface area (Å²) in [5.74, 6) is -5.95. The number of amides is 4. The van der Waals surface area contributed by atoms with Crippen molar-refractivity contribution in [2.75, 3.05) is 6.54 Å². The molecule has 3 rings (SSSR count). The zero-order chi connectivity index (χ0) is 41.6. The van der Waals surface area contributed by atoms with Crippen LogP contribution in [0.15, 0.2) is 53.5 Å². The highest BCUT2D eigenvalue weighted by Crippen LogP contribution is 2.32. The van der Waals surface area contributed by atoms with Gasteiger partial charge in [0.05, 0.1) is 6.04 Å². The molecule has 1 fully saturated rings. The van der Waals surface area contributed by atoms with Crippen molar-refractivity contribution in [3.63, 3.8) is 0 Å². The van der Waals surface area contributed by atoms with Crippen molar-refractivity contribution in [3.8, 4) is 0 Å². The molecule has 18 heteroatoms. The summed E-state index contributed by atoms with van der Waals surface area (Å²) in [6, 6.07) is 9.42. The lowest BCUT2D eigenvalue weighted by Crippen LogP contribution is -2.64. The van der Waals surface area contributed by atoms with E-state index in [1.165, 1.54) is 48.5 Å². The van der Waals surface area contributed by atoms with Crippen molar-refractivity contribution in [1.29, 1.82) is 0 Å². The van der Waals surface area contributed by atoms with Crippen LogP contribution in [0.2, 0.25) is 0 Å². The highest BCUT2D eigenvalue weighted by Gasteiger charge is 2.45. The molecule has 0 saturated heterocycles. The lowest BCUT2D eigenvalue weighted by atomic mass is 9.89. The predicted octanol–water partition coefficient (Wildman–Crippen LogP) is 4.10. The molecule has 1 saturated carbocycles. The molecule has 304 valence electrons. The first-order valence-electron chi connectivity index (χ1n) is 17.8. The first-order chi connectivity index (χ1) is 25.7. The van der Waals surface area contributed by atoms with Gasteiger partial charge in [-0.2, -0.15) is 13.2 Å². The minimum Gasteiger partial charge on any atom is -0.475 e. The van der Waals surface area contributed by atoms with Gasteiger partial charge in [0, 0.05) is 12.5 Å². The van der Waals surface area contributed by atoms with Gasteiger partial charge in [0.2, 0.25) is 23.6 Å². The standard InChI is InChI=1S/C35H49F2N7O4.C2HF3O2/c1-5-34(6-2,43-29(45)22(3)4)31(47)41-27(10-9-21-40-33(38)39)30(46)44-35(19-7-8-20-35)32(48)42-28(23-11-15-25(36)16-12-23)24-13-17-26(37)18-14-24;3-2(4,5)1(6)7/h11-18,22,27-28H,5-10,19-21H2,1-4H3,(H,41,47)(H,42,48)(H,43,45)(H,44,46)(H4,38,39,40);(H,6,7). The Kier molecular flexibility index (Phi) is 17.0. The van der Waals surface area contributed by atoms with Crippen LogP contribution in [0.1, 0.15) is 96.2 Å². The third-order valence-electron chi connectivity index (χ3n) is 9.27. The number of carboxylic acids is 1. The van der Waals surface area contributed by atoms with Crippen molar-refractivity contribution < 1.29 is 51.0 Å². The van der Waals surface area contributed by atoms with Gasteiger partial charge in [-0.1, -0.05) is 64.8 Å². The van der Waals surface area contributed by atoms with Crippen LogP contribution in [0.4, 0.5) is 22.0 Å². The summed E-state index contributed by atoms with van der Waals surface area (Å²) < 4.78 is 59.3. The zero-order valence-electron chi connectivity index (χ0n) is 31.2. The fourth-order valence-corrected chi connectivity index (χ4v) is 5.90. The van der Waals surface area contributed by atoms with Crippen molar-refractivity contribution in [2.45, 2.75) is 108 Å². The fourth-order valence-electron chi connectivity index (χ4n) is 5.90. The van der Waals surface area contributed by atoms with Gasteiger partial charge >= 0.3 is 12.1 Å². The molecule has 2 aromatic rings. The summed E-state index contributed by atoms with van der Waals surface area (Å²) in [5.41, 5.74) is 9.52. The maximum absolute atomic E-state index is 14.2. The summed E-state index contributed by atoms with van der Waals surface area (Å²) in [6.07, 6.45) is -1.98. The molecule has 0 aliphatic heterocycles. The molecule has 1 aliphatic rings. The quantitative estimate of drug-likeness (QED) is 0.0568. The Morgan fingerprint density at radius 2 is 1.31 bits per heavy atom. The number of rotatable bonds is 16. The van der Waals surface area contributed by atoms with Crippen LogP contribution < -0.4 is 32.7 Å². The first kappa shape index (κ1) is 45.9. The van der Waals surface area contributed by atoms with Gasteiger partial charge in [0.1, 0.15) is 28.8 Å². The molecule has 0 aromatic heterocycles. The number of carboxylic acid groups (broad SMARTS) is 1. The molecule has 9 N–H and O–H groups in total. The number of hydrogen-bond acceptors (Lipinski definition) is 6. The average Bonchev–Trinajstić information content (AvgIpc) is 3.60. The van der Waals surface area contributed by atoms with Crippen molar-refractivity contribution in [1.82, 2.24) is 21.3 Å². The second-order valence-corrected chi connectivity index (χ2v) is 13.5. The second-order valence-electron chi connectivity index (χ2n) is 13.5. The number of halogens is 5. The van der Waals surface area contributed by atoms with Gasteiger partial charge in [-0.15, -0.1) is 0 Å². The molecule has 0 bridgehead atoms. The van der Waals surface area contributed by atoms with E-state index in [0.29, 0.717) is 43.2 Å². The Morgan fingerprint density at radius 3 is 1.71 bits per heavy atom. The van der Waals surface area contributed by atoms with Crippen LogP contribution in [0, 0.1) is 17.6 Å². The highest BCUT2D eigenvalue weighted by atomic mass is 19.4. The number of alkyl halides is 3. The summed E-state index contributed by atoms with van der Waals surface area (Å²) in [4.78, 5) is 67.5. The lowest BCUT2D eigenvalue weighted by molar-refractivity contribution is -0.192. The van der Waals surface area contributed by atoms with E-state index < -0.39 is 64.7 Å². The number of aliphatic imine (C=N–C) groups is 1. The van der Waals surface area contributed by atoms with Gasteiger partial charge in [-0.05, 0) is 73.9 Å². The number of guanidine groups is 1. The molecular weight excluding hydrogens is 733 g/mol. The van der Waals surface area contributed by atoms with E-state index >= 15 is 0 Å². The lowest BCUT2D eigenvalue weighted by Gasteiger charge is -2.36. The van der Waals surface area contributed by atoms with Crippen molar-refractivity contribution in [2.24, 2.45) is 22.4 Å². The monoisotopic (exact) mass is 783 g/mol. The molecule has 1 atom stereocenters. The smallest absolute Gasteiger partial charge is 0.475 e. The Bertz CT molecular complexity index is 1590. The molecule has 13 nitrogen and oxygen atoms in total. The highest BCUT2D eigenvalue weighted by molar-refractivity contribution is 5.97. The number of nitrogens with one attached hydrogen (secondary N) is 4. The third kappa shape index (κ3) is 13.5. The minimum absolute atomic E-state index is 0.106. The van der Waals surface area contributed by atoms with E-state index in [0.717, 1.165) is 0 Å². The molecular formula is C37H50F5N7O6. The molecule has 1 aliphatic carbocycles. The number of hydrogen-bond donors (Lipinski definition) is 7. The maximum Gasteiger partial charge on any atom is 0.490 e. The zero-order valence-corrected chi connectivity index (χ0v) is 31.2. The molecule has 0 heterocycles. The molecule has 4 amide bonds. The van der Waals surface area contributed by atoms with Crippen LogP contribution in [0.25, 0.3) is 0 Å². The van der Waals surface area contributed by atoms with Gasteiger partial charge in [-0.3, -0.25) is 24.2 Å². The van der Waals surface area contributed by atoms with Crippen LogP contribution in [0.5, 0.6) is 0 Å². The summed E-state index contributed by atoms with van der Waals surface area (Å²) in [5, 5.41) is 18.8.